The Labute approximate surface area is 140 Å². The molecule has 2 aliphatic rings. The van der Waals surface area contributed by atoms with Gasteiger partial charge in [0.2, 0.25) is 5.91 Å². The molecule has 1 aromatic heterocycles. The van der Waals surface area contributed by atoms with Gasteiger partial charge in [-0.2, -0.15) is 13.2 Å². The van der Waals surface area contributed by atoms with Crippen molar-refractivity contribution in [3.05, 3.63) is 30.5 Å². The molecular formula is C15H16F3N3O2S. The lowest BCUT2D eigenvalue weighted by Gasteiger charge is -2.40. The SMILES string of the molecule is C=CC(=O)N1CCN2c3ncc(C(F)(F)F)cc3[S+]([O-])CC[C@H]2C1. The van der Waals surface area contributed by atoms with E-state index in [2.05, 4.69) is 11.6 Å². The third-order valence-corrected chi connectivity index (χ3v) is 5.68. The van der Waals surface area contributed by atoms with Crippen molar-refractivity contribution < 1.29 is 22.5 Å². The molecule has 24 heavy (non-hydrogen) atoms. The van der Waals surface area contributed by atoms with E-state index in [1.54, 1.807) is 4.90 Å². The van der Waals surface area contributed by atoms with E-state index >= 15 is 0 Å². The first-order valence-electron chi connectivity index (χ1n) is 7.45. The van der Waals surface area contributed by atoms with Crippen LogP contribution < -0.4 is 4.90 Å². The molecule has 1 amide bonds. The maximum atomic E-state index is 12.9. The van der Waals surface area contributed by atoms with Gasteiger partial charge in [0.1, 0.15) is 5.75 Å². The third-order valence-electron chi connectivity index (χ3n) is 4.28. The van der Waals surface area contributed by atoms with E-state index in [0.717, 1.165) is 12.3 Å². The molecule has 0 aromatic carbocycles. The molecule has 5 nitrogen and oxygen atoms in total. The highest BCUT2D eigenvalue weighted by molar-refractivity contribution is 7.91. The standard InChI is InChI=1S/C15H16F3N3O2S/c1-2-13(22)20-4-5-21-11(9-20)3-6-24(23)12-7-10(15(16,17)18)8-19-14(12)21/h2,7-8,11H,1,3-6,9H2/t11-,24?/m0/s1. The fourth-order valence-electron chi connectivity index (χ4n) is 3.04. The van der Waals surface area contributed by atoms with Crippen LogP contribution in [0.25, 0.3) is 0 Å². The number of fused-ring (bicyclic) bond motifs is 3. The van der Waals surface area contributed by atoms with Gasteiger partial charge in [-0.25, -0.2) is 4.98 Å². The van der Waals surface area contributed by atoms with Crippen molar-refractivity contribution in [2.75, 3.05) is 30.3 Å². The number of alkyl halides is 3. The molecule has 0 N–H and O–H groups in total. The summed E-state index contributed by atoms with van der Waals surface area (Å²) in [5, 5.41) is 0. The number of carbonyl (C=O) groups excluding carboxylic acids is 1. The van der Waals surface area contributed by atoms with Gasteiger partial charge in [-0.05, 0) is 17.3 Å². The summed E-state index contributed by atoms with van der Waals surface area (Å²) in [6.07, 6.45) is -1.98. The van der Waals surface area contributed by atoms with Crippen molar-refractivity contribution in [3.63, 3.8) is 0 Å². The molecular weight excluding hydrogens is 343 g/mol. The van der Waals surface area contributed by atoms with E-state index in [4.69, 9.17) is 0 Å². The fourth-order valence-corrected chi connectivity index (χ4v) is 4.38. The summed E-state index contributed by atoms with van der Waals surface area (Å²) in [4.78, 5) is 19.4. The molecule has 130 valence electrons. The number of pyridine rings is 1. The number of amides is 1. The van der Waals surface area contributed by atoms with Crippen molar-refractivity contribution in [3.8, 4) is 0 Å². The van der Waals surface area contributed by atoms with E-state index in [1.165, 1.54) is 6.08 Å². The number of anilines is 1. The number of carbonyl (C=O) groups is 1. The quantitative estimate of drug-likeness (QED) is 0.567. The number of aromatic nitrogens is 1. The third kappa shape index (κ3) is 3.10. The zero-order chi connectivity index (χ0) is 17.5. The summed E-state index contributed by atoms with van der Waals surface area (Å²) in [6.45, 7) is 4.75. The van der Waals surface area contributed by atoms with Gasteiger partial charge < -0.3 is 14.4 Å². The average molecular weight is 359 g/mol. The van der Waals surface area contributed by atoms with Crippen molar-refractivity contribution in [1.29, 1.82) is 0 Å². The Morgan fingerprint density at radius 2 is 2.21 bits per heavy atom. The van der Waals surface area contributed by atoms with Gasteiger partial charge >= 0.3 is 6.18 Å². The molecule has 0 aliphatic carbocycles. The molecule has 2 aliphatic heterocycles. The molecule has 0 spiro atoms. The van der Waals surface area contributed by atoms with Crippen LogP contribution in [0.1, 0.15) is 12.0 Å². The topological polar surface area (TPSA) is 59.5 Å². The lowest BCUT2D eigenvalue weighted by Crippen LogP contribution is -2.54. The summed E-state index contributed by atoms with van der Waals surface area (Å²) >= 11 is -1.55. The van der Waals surface area contributed by atoms with E-state index in [-0.39, 0.29) is 22.6 Å². The lowest BCUT2D eigenvalue weighted by molar-refractivity contribution is -0.138. The van der Waals surface area contributed by atoms with Gasteiger partial charge in [-0.1, -0.05) is 6.58 Å². The van der Waals surface area contributed by atoms with E-state index in [9.17, 15) is 22.5 Å². The normalized spacial score (nSPS) is 24.0. The molecule has 0 bridgehead atoms. The molecule has 1 unspecified atom stereocenters. The Hall–Kier alpha value is -1.74. The monoisotopic (exact) mass is 359 g/mol. The molecule has 1 fully saturated rings. The van der Waals surface area contributed by atoms with Crippen LogP contribution in [0.4, 0.5) is 19.0 Å². The summed E-state index contributed by atoms with van der Waals surface area (Å²) < 4.78 is 51.1. The van der Waals surface area contributed by atoms with Crippen molar-refractivity contribution in [2.45, 2.75) is 23.5 Å². The molecule has 0 saturated carbocycles. The maximum absolute atomic E-state index is 12.9. The summed E-state index contributed by atoms with van der Waals surface area (Å²) in [5.41, 5.74) is -0.895. The van der Waals surface area contributed by atoms with Crippen molar-refractivity contribution >= 4 is 22.9 Å². The molecule has 2 atom stereocenters. The summed E-state index contributed by atoms with van der Waals surface area (Å²) in [6, 6.07) is 0.819. The van der Waals surface area contributed by atoms with E-state index < -0.39 is 22.9 Å². The summed E-state index contributed by atoms with van der Waals surface area (Å²) in [7, 11) is 0. The second-order valence-electron chi connectivity index (χ2n) is 5.72. The van der Waals surface area contributed by atoms with Crippen molar-refractivity contribution in [2.24, 2.45) is 0 Å². The maximum Gasteiger partial charge on any atom is 0.418 e. The molecule has 1 aromatic rings. The van der Waals surface area contributed by atoms with E-state index in [0.29, 0.717) is 31.9 Å². The Balaban J connectivity index is 1.94. The van der Waals surface area contributed by atoms with Crippen LogP contribution in [-0.2, 0) is 22.1 Å². The minimum absolute atomic E-state index is 0.114. The minimum Gasteiger partial charge on any atom is -0.611 e. The van der Waals surface area contributed by atoms with Crippen molar-refractivity contribution in [1.82, 2.24) is 9.88 Å². The number of nitrogens with zero attached hydrogens (tertiary/aromatic N) is 3. The predicted octanol–water partition coefficient (Wildman–Crippen LogP) is 1.81. The largest absolute Gasteiger partial charge is 0.611 e. The zero-order valence-corrected chi connectivity index (χ0v) is 13.6. The highest BCUT2D eigenvalue weighted by Crippen LogP contribution is 2.37. The van der Waals surface area contributed by atoms with Gasteiger partial charge in [-0.3, -0.25) is 4.79 Å². The first kappa shape index (κ1) is 17.1. The number of hydrogen-bond acceptors (Lipinski definition) is 4. The van der Waals surface area contributed by atoms with Gasteiger partial charge in [0.15, 0.2) is 10.7 Å². The number of hydrogen-bond donors (Lipinski definition) is 0. The molecule has 9 heteroatoms. The van der Waals surface area contributed by atoms with Crippen LogP contribution in [0.2, 0.25) is 0 Å². The molecule has 1 saturated heterocycles. The minimum atomic E-state index is -4.52. The van der Waals surface area contributed by atoms with Crippen LogP contribution in [0, 0.1) is 0 Å². The first-order valence-corrected chi connectivity index (χ1v) is 8.76. The second kappa shape index (κ2) is 6.29. The average Bonchev–Trinajstić information content (AvgIpc) is 2.70. The Morgan fingerprint density at radius 3 is 2.88 bits per heavy atom. The van der Waals surface area contributed by atoms with Gasteiger partial charge in [0.25, 0.3) is 0 Å². The number of halogens is 3. The van der Waals surface area contributed by atoms with Crippen LogP contribution in [0.5, 0.6) is 0 Å². The summed E-state index contributed by atoms with van der Waals surface area (Å²) in [5.74, 6) is 0.392. The Morgan fingerprint density at radius 1 is 1.46 bits per heavy atom. The second-order valence-corrected chi connectivity index (χ2v) is 7.26. The molecule has 0 radical (unpaired) electrons. The fraction of sp³-hybridized carbons (Fsp3) is 0.467. The number of rotatable bonds is 1. The van der Waals surface area contributed by atoms with E-state index in [1.807, 2.05) is 4.90 Å². The van der Waals surface area contributed by atoms with Crippen LogP contribution in [0.3, 0.4) is 0 Å². The Bertz CT molecular complexity index is 668. The molecule has 3 heterocycles. The van der Waals surface area contributed by atoms with Gasteiger partial charge in [0, 0.05) is 38.3 Å². The first-order chi connectivity index (χ1) is 11.3. The zero-order valence-electron chi connectivity index (χ0n) is 12.8. The van der Waals surface area contributed by atoms with Gasteiger partial charge in [-0.15, -0.1) is 0 Å². The predicted molar refractivity (Wildman–Crippen MR) is 83.0 cm³/mol. The Kier molecular flexibility index (Phi) is 4.48. The highest BCUT2D eigenvalue weighted by atomic mass is 32.2. The van der Waals surface area contributed by atoms with Crippen LogP contribution in [-0.4, -0.2) is 51.8 Å². The van der Waals surface area contributed by atoms with Gasteiger partial charge in [0.05, 0.1) is 11.6 Å². The van der Waals surface area contributed by atoms with Crippen LogP contribution >= 0.6 is 0 Å². The molecule has 3 rings (SSSR count). The number of piperazine rings is 1. The highest BCUT2D eigenvalue weighted by Gasteiger charge is 2.39. The lowest BCUT2D eigenvalue weighted by atomic mass is 10.1. The smallest absolute Gasteiger partial charge is 0.418 e. The van der Waals surface area contributed by atoms with Crippen LogP contribution in [0.15, 0.2) is 29.8 Å².